The fraction of sp³-hybridized carbons (Fsp3) is 0.286. The van der Waals surface area contributed by atoms with Crippen LogP contribution >= 0.6 is 11.6 Å². The second-order valence-electron chi connectivity index (χ2n) is 6.31. The molecule has 0 unspecified atom stereocenters. The molecule has 0 fully saturated rings. The molecular formula is C21H24ClN3O5. The molecule has 0 heterocycles. The summed E-state index contributed by atoms with van der Waals surface area (Å²) in [6.07, 6.45) is 0.0284. The standard InChI is InChI=1S/C21H24ClN3O5/c1-29-18-9-7-17(8-10-18)24-21(28)23-12-11-19(26)25(14-20(27)30-2)13-15-3-5-16(22)6-4-15/h3-10H,11-14H2,1-2H3,(H2,23,24,28). The summed E-state index contributed by atoms with van der Waals surface area (Å²) in [5.74, 6) is -0.138. The topological polar surface area (TPSA) is 97.0 Å². The lowest BCUT2D eigenvalue weighted by atomic mass is 10.2. The van der Waals surface area contributed by atoms with E-state index in [1.54, 1.807) is 55.6 Å². The van der Waals surface area contributed by atoms with Crippen LogP contribution in [0, 0.1) is 0 Å². The van der Waals surface area contributed by atoms with Crippen LogP contribution in [-0.2, 0) is 20.9 Å². The number of halogens is 1. The highest BCUT2D eigenvalue weighted by atomic mass is 35.5. The van der Waals surface area contributed by atoms with Crippen molar-refractivity contribution in [3.63, 3.8) is 0 Å². The molecule has 0 aromatic heterocycles. The molecule has 9 heteroatoms. The molecule has 0 spiro atoms. The van der Waals surface area contributed by atoms with E-state index >= 15 is 0 Å². The average Bonchev–Trinajstić information content (AvgIpc) is 2.75. The number of carbonyl (C=O) groups is 3. The molecule has 3 amide bonds. The third-order valence-electron chi connectivity index (χ3n) is 4.16. The molecule has 2 rings (SSSR count). The quantitative estimate of drug-likeness (QED) is 0.592. The van der Waals surface area contributed by atoms with Crippen LogP contribution in [0.4, 0.5) is 10.5 Å². The summed E-state index contributed by atoms with van der Waals surface area (Å²) in [5, 5.41) is 5.87. The van der Waals surface area contributed by atoms with Crippen molar-refractivity contribution in [1.82, 2.24) is 10.2 Å². The minimum absolute atomic E-state index is 0.0284. The van der Waals surface area contributed by atoms with Crippen molar-refractivity contribution >= 4 is 35.2 Å². The van der Waals surface area contributed by atoms with E-state index in [0.29, 0.717) is 16.5 Å². The van der Waals surface area contributed by atoms with Crippen molar-refractivity contribution in [3.8, 4) is 5.75 Å². The normalized spacial score (nSPS) is 10.1. The molecule has 2 N–H and O–H groups in total. The second kappa shape index (κ2) is 11.7. The van der Waals surface area contributed by atoms with Crippen LogP contribution in [0.25, 0.3) is 0 Å². The van der Waals surface area contributed by atoms with E-state index < -0.39 is 12.0 Å². The van der Waals surface area contributed by atoms with Gasteiger partial charge in [-0.1, -0.05) is 23.7 Å². The molecule has 0 radical (unpaired) electrons. The summed E-state index contributed by atoms with van der Waals surface area (Å²) in [5.41, 5.74) is 1.41. The van der Waals surface area contributed by atoms with Crippen molar-refractivity contribution < 1.29 is 23.9 Å². The Balaban J connectivity index is 1.86. The Morgan fingerprint density at radius 2 is 1.67 bits per heavy atom. The van der Waals surface area contributed by atoms with Gasteiger partial charge in [0.05, 0.1) is 14.2 Å². The first-order chi connectivity index (χ1) is 14.4. The molecule has 0 aliphatic carbocycles. The smallest absolute Gasteiger partial charge is 0.325 e. The third-order valence-corrected chi connectivity index (χ3v) is 4.41. The zero-order valence-electron chi connectivity index (χ0n) is 16.8. The Morgan fingerprint density at radius 1 is 1.00 bits per heavy atom. The molecule has 8 nitrogen and oxygen atoms in total. The molecule has 0 aliphatic rings. The number of amides is 3. The lowest BCUT2D eigenvalue weighted by molar-refractivity contribution is -0.147. The van der Waals surface area contributed by atoms with Gasteiger partial charge in [0.1, 0.15) is 12.3 Å². The maximum absolute atomic E-state index is 12.6. The van der Waals surface area contributed by atoms with Gasteiger partial charge in [0.2, 0.25) is 5.91 Å². The molecule has 0 saturated carbocycles. The van der Waals surface area contributed by atoms with Crippen LogP contribution in [-0.4, -0.2) is 50.1 Å². The Kier molecular flexibility index (Phi) is 8.96. The lowest BCUT2D eigenvalue weighted by Gasteiger charge is -2.22. The van der Waals surface area contributed by atoms with E-state index in [1.807, 2.05) is 0 Å². The molecule has 30 heavy (non-hydrogen) atoms. The fourth-order valence-electron chi connectivity index (χ4n) is 2.55. The van der Waals surface area contributed by atoms with Crippen LogP contribution in [0.15, 0.2) is 48.5 Å². The van der Waals surface area contributed by atoms with Crippen molar-refractivity contribution in [2.24, 2.45) is 0 Å². The number of anilines is 1. The zero-order chi connectivity index (χ0) is 21.9. The van der Waals surface area contributed by atoms with Gasteiger partial charge in [-0.2, -0.15) is 0 Å². The Hall–Kier alpha value is -3.26. The van der Waals surface area contributed by atoms with Gasteiger partial charge in [-0.15, -0.1) is 0 Å². The van der Waals surface area contributed by atoms with Crippen LogP contribution < -0.4 is 15.4 Å². The van der Waals surface area contributed by atoms with Crippen molar-refractivity contribution in [3.05, 3.63) is 59.1 Å². The minimum atomic E-state index is -0.525. The highest BCUT2D eigenvalue weighted by molar-refractivity contribution is 6.30. The lowest BCUT2D eigenvalue weighted by Crippen LogP contribution is -2.38. The first-order valence-electron chi connectivity index (χ1n) is 9.19. The van der Waals surface area contributed by atoms with E-state index in [2.05, 4.69) is 15.4 Å². The van der Waals surface area contributed by atoms with Gasteiger partial charge in [0.15, 0.2) is 0 Å². The molecule has 0 atom stereocenters. The van der Waals surface area contributed by atoms with Crippen molar-refractivity contribution in [2.75, 3.05) is 32.6 Å². The Labute approximate surface area is 180 Å². The number of urea groups is 1. The monoisotopic (exact) mass is 433 g/mol. The van der Waals surface area contributed by atoms with E-state index in [0.717, 1.165) is 5.56 Å². The van der Waals surface area contributed by atoms with Crippen LogP contribution in [0.3, 0.4) is 0 Å². The predicted octanol–water partition coefficient (Wildman–Crippen LogP) is 3.06. The highest BCUT2D eigenvalue weighted by Crippen LogP contribution is 2.15. The zero-order valence-corrected chi connectivity index (χ0v) is 17.6. The Morgan fingerprint density at radius 3 is 2.27 bits per heavy atom. The predicted molar refractivity (Wildman–Crippen MR) is 114 cm³/mol. The highest BCUT2D eigenvalue weighted by Gasteiger charge is 2.18. The van der Waals surface area contributed by atoms with E-state index in [1.165, 1.54) is 12.0 Å². The summed E-state index contributed by atoms with van der Waals surface area (Å²) in [4.78, 5) is 37.6. The molecule has 2 aromatic carbocycles. The SMILES string of the molecule is COC(=O)CN(Cc1ccc(Cl)cc1)C(=O)CCNC(=O)Nc1ccc(OC)cc1. The number of esters is 1. The summed E-state index contributed by atoms with van der Waals surface area (Å²) in [6.45, 7) is 0.151. The van der Waals surface area contributed by atoms with Gasteiger partial charge >= 0.3 is 12.0 Å². The van der Waals surface area contributed by atoms with E-state index in [-0.39, 0.29) is 32.0 Å². The van der Waals surface area contributed by atoms with Crippen molar-refractivity contribution in [2.45, 2.75) is 13.0 Å². The third kappa shape index (κ3) is 7.63. The molecule has 0 saturated heterocycles. The first kappa shape index (κ1) is 23.0. The van der Waals surface area contributed by atoms with Gasteiger partial charge in [-0.3, -0.25) is 9.59 Å². The average molecular weight is 434 g/mol. The molecule has 0 bridgehead atoms. The summed E-state index contributed by atoms with van der Waals surface area (Å²) in [7, 11) is 2.82. The van der Waals surface area contributed by atoms with E-state index in [9.17, 15) is 14.4 Å². The summed E-state index contributed by atoms with van der Waals surface area (Å²) in [6, 6.07) is 13.4. The number of benzene rings is 2. The Bertz CT molecular complexity index is 856. The number of methoxy groups -OCH3 is 2. The maximum Gasteiger partial charge on any atom is 0.325 e. The van der Waals surface area contributed by atoms with Gasteiger partial charge in [-0.05, 0) is 42.0 Å². The largest absolute Gasteiger partial charge is 0.497 e. The number of rotatable bonds is 9. The number of ether oxygens (including phenoxy) is 2. The van der Waals surface area contributed by atoms with Gasteiger partial charge in [-0.25, -0.2) is 4.79 Å². The molecule has 160 valence electrons. The van der Waals surface area contributed by atoms with Gasteiger partial charge in [0.25, 0.3) is 0 Å². The second-order valence-corrected chi connectivity index (χ2v) is 6.75. The number of carbonyl (C=O) groups excluding carboxylic acids is 3. The number of hydrogen-bond acceptors (Lipinski definition) is 5. The summed E-state index contributed by atoms with van der Waals surface area (Å²) < 4.78 is 9.73. The fourth-order valence-corrected chi connectivity index (χ4v) is 2.68. The first-order valence-corrected chi connectivity index (χ1v) is 9.57. The van der Waals surface area contributed by atoms with Crippen LogP contribution in [0.2, 0.25) is 5.02 Å². The van der Waals surface area contributed by atoms with Crippen LogP contribution in [0.5, 0.6) is 5.75 Å². The minimum Gasteiger partial charge on any atom is -0.497 e. The summed E-state index contributed by atoms with van der Waals surface area (Å²) >= 11 is 5.88. The van der Waals surface area contributed by atoms with E-state index in [4.69, 9.17) is 16.3 Å². The van der Waals surface area contributed by atoms with Crippen molar-refractivity contribution in [1.29, 1.82) is 0 Å². The number of nitrogens with zero attached hydrogens (tertiary/aromatic N) is 1. The molecule has 0 aliphatic heterocycles. The number of nitrogens with one attached hydrogen (secondary N) is 2. The molecule has 2 aromatic rings. The van der Waals surface area contributed by atoms with Gasteiger partial charge < -0.3 is 25.0 Å². The maximum atomic E-state index is 12.6. The number of hydrogen-bond donors (Lipinski definition) is 2. The van der Waals surface area contributed by atoms with Crippen LogP contribution in [0.1, 0.15) is 12.0 Å². The van der Waals surface area contributed by atoms with Gasteiger partial charge in [0, 0.05) is 30.2 Å². The molecular weight excluding hydrogens is 410 g/mol.